The molecule has 5 heteroatoms. The largest absolute Gasteiger partial charge is 0.494 e. The minimum Gasteiger partial charge on any atom is -0.494 e. The van der Waals surface area contributed by atoms with Gasteiger partial charge in [0.2, 0.25) is 0 Å². The minimum absolute atomic E-state index is 0.0219. The van der Waals surface area contributed by atoms with E-state index in [-0.39, 0.29) is 12.4 Å². The second-order valence-corrected chi connectivity index (χ2v) is 4.68. The summed E-state index contributed by atoms with van der Waals surface area (Å²) in [6.45, 7) is 0.945. The predicted octanol–water partition coefficient (Wildman–Crippen LogP) is 2.42. The minimum atomic E-state index is -0.498. The normalized spacial score (nSPS) is 10.4. The third-order valence-corrected chi connectivity index (χ3v) is 3.23. The van der Waals surface area contributed by atoms with E-state index in [1.54, 1.807) is 6.07 Å². The Hall–Kier alpha value is -2.27. The van der Waals surface area contributed by atoms with E-state index < -0.39 is 5.82 Å². The lowest BCUT2D eigenvalue weighted by molar-refractivity contribution is 0.301. The molecule has 21 heavy (non-hydrogen) atoms. The van der Waals surface area contributed by atoms with Crippen molar-refractivity contribution in [2.24, 2.45) is 0 Å². The lowest BCUT2D eigenvalue weighted by Crippen LogP contribution is -2.27. The maximum atomic E-state index is 13.6. The summed E-state index contributed by atoms with van der Waals surface area (Å²) >= 11 is 0. The van der Waals surface area contributed by atoms with Crippen molar-refractivity contribution in [2.45, 2.75) is 6.54 Å². The summed E-state index contributed by atoms with van der Waals surface area (Å²) in [5.74, 6) is -0.363. The van der Waals surface area contributed by atoms with Crippen LogP contribution in [0.4, 0.5) is 15.8 Å². The third-order valence-electron chi connectivity index (χ3n) is 3.23. The van der Waals surface area contributed by atoms with Gasteiger partial charge >= 0.3 is 0 Å². The standard InChI is InChI=1S/C16H19FN2O2/c1-21-16-10-15(14(18)9-13(16)17)19(7-8-20)11-12-5-3-2-4-6-12/h2-6,9-10,20H,7-8,11,18H2,1H3. The van der Waals surface area contributed by atoms with Gasteiger partial charge in [-0.2, -0.15) is 0 Å². The Morgan fingerprint density at radius 2 is 1.95 bits per heavy atom. The molecule has 0 aliphatic rings. The van der Waals surface area contributed by atoms with Crippen LogP contribution in [0.3, 0.4) is 0 Å². The topological polar surface area (TPSA) is 58.7 Å². The van der Waals surface area contributed by atoms with Crippen LogP contribution in [0.25, 0.3) is 0 Å². The van der Waals surface area contributed by atoms with Crippen LogP contribution >= 0.6 is 0 Å². The highest BCUT2D eigenvalue weighted by atomic mass is 19.1. The molecule has 0 aromatic heterocycles. The third kappa shape index (κ3) is 3.64. The average molecular weight is 290 g/mol. The van der Waals surface area contributed by atoms with Crippen LogP contribution in [0.15, 0.2) is 42.5 Å². The molecule has 0 aliphatic carbocycles. The predicted molar refractivity (Wildman–Crippen MR) is 81.9 cm³/mol. The molecule has 0 heterocycles. The van der Waals surface area contributed by atoms with Crippen molar-refractivity contribution in [1.82, 2.24) is 0 Å². The number of rotatable bonds is 6. The van der Waals surface area contributed by atoms with Gasteiger partial charge in [-0.05, 0) is 5.56 Å². The van der Waals surface area contributed by atoms with Crippen LogP contribution in [0.1, 0.15) is 5.56 Å². The van der Waals surface area contributed by atoms with E-state index in [1.807, 2.05) is 35.2 Å². The lowest BCUT2D eigenvalue weighted by atomic mass is 10.1. The molecule has 0 bridgehead atoms. The Balaban J connectivity index is 2.33. The summed E-state index contributed by atoms with van der Waals surface area (Å²) in [5.41, 5.74) is 7.95. The van der Waals surface area contributed by atoms with Crippen LogP contribution in [0.2, 0.25) is 0 Å². The Morgan fingerprint density at radius 3 is 2.57 bits per heavy atom. The molecule has 0 spiro atoms. The van der Waals surface area contributed by atoms with Crippen molar-refractivity contribution >= 4 is 11.4 Å². The smallest absolute Gasteiger partial charge is 0.167 e. The number of hydrogen-bond donors (Lipinski definition) is 2. The van der Waals surface area contributed by atoms with Crippen LogP contribution < -0.4 is 15.4 Å². The number of halogens is 1. The highest BCUT2D eigenvalue weighted by Gasteiger charge is 2.14. The fourth-order valence-electron chi connectivity index (χ4n) is 2.20. The first kappa shape index (κ1) is 15.1. The van der Waals surface area contributed by atoms with Gasteiger partial charge in [-0.1, -0.05) is 30.3 Å². The second kappa shape index (κ2) is 6.95. The first-order valence-electron chi connectivity index (χ1n) is 6.68. The molecule has 2 aromatic rings. The molecule has 0 aliphatic heterocycles. The molecule has 3 N–H and O–H groups in total. The van der Waals surface area contributed by atoms with Crippen molar-refractivity contribution in [3.8, 4) is 5.75 Å². The fourth-order valence-corrected chi connectivity index (χ4v) is 2.20. The molecular weight excluding hydrogens is 271 g/mol. The number of nitrogens with zero attached hydrogens (tertiary/aromatic N) is 1. The van der Waals surface area contributed by atoms with Gasteiger partial charge in [0, 0.05) is 25.2 Å². The number of benzene rings is 2. The van der Waals surface area contributed by atoms with E-state index in [0.717, 1.165) is 5.56 Å². The molecule has 0 radical (unpaired) electrons. The molecular formula is C16H19FN2O2. The van der Waals surface area contributed by atoms with Crippen LogP contribution in [0, 0.1) is 5.82 Å². The Morgan fingerprint density at radius 1 is 1.24 bits per heavy atom. The van der Waals surface area contributed by atoms with Crippen molar-refractivity contribution in [3.63, 3.8) is 0 Å². The summed E-state index contributed by atoms with van der Waals surface area (Å²) < 4.78 is 18.6. The maximum Gasteiger partial charge on any atom is 0.167 e. The number of nitrogen functional groups attached to an aromatic ring is 1. The number of nitrogens with two attached hydrogens (primary N) is 1. The molecule has 0 saturated heterocycles. The maximum absolute atomic E-state index is 13.6. The molecule has 0 unspecified atom stereocenters. The van der Waals surface area contributed by atoms with E-state index in [1.165, 1.54) is 13.2 Å². The Labute approximate surface area is 123 Å². The number of hydrogen-bond acceptors (Lipinski definition) is 4. The lowest BCUT2D eigenvalue weighted by Gasteiger charge is -2.26. The van der Waals surface area contributed by atoms with Crippen molar-refractivity contribution in [1.29, 1.82) is 0 Å². The van der Waals surface area contributed by atoms with Crippen molar-refractivity contribution in [3.05, 3.63) is 53.8 Å². The number of ether oxygens (including phenoxy) is 1. The van der Waals surface area contributed by atoms with Crippen LogP contribution in [-0.2, 0) is 6.54 Å². The quantitative estimate of drug-likeness (QED) is 0.802. The summed E-state index contributed by atoms with van der Waals surface area (Å²) in [4.78, 5) is 1.90. The number of methoxy groups -OCH3 is 1. The summed E-state index contributed by atoms with van der Waals surface area (Å²) in [7, 11) is 1.41. The highest BCUT2D eigenvalue weighted by Crippen LogP contribution is 2.31. The van der Waals surface area contributed by atoms with Gasteiger partial charge in [-0.3, -0.25) is 0 Å². The number of aliphatic hydroxyl groups excluding tert-OH is 1. The van der Waals surface area contributed by atoms with E-state index in [4.69, 9.17) is 10.5 Å². The van der Waals surface area contributed by atoms with E-state index in [0.29, 0.717) is 24.5 Å². The zero-order valence-corrected chi connectivity index (χ0v) is 11.9. The molecule has 112 valence electrons. The Kier molecular flexibility index (Phi) is 5.00. The Bertz CT molecular complexity index is 590. The van der Waals surface area contributed by atoms with E-state index >= 15 is 0 Å². The molecule has 2 aromatic carbocycles. The molecule has 0 saturated carbocycles. The van der Waals surface area contributed by atoms with E-state index in [9.17, 15) is 9.50 Å². The fraction of sp³-hybridized carbons (Fsp3) is 0.250. The zero-order valence-electron chi connectivity index (χ0n) is 11.9. The van der Waals surface area contributed by atoms with Crippen molar-refractivity contribution < 1.29 is 14.2 Å². The van der Waals surface area contributed by atoms with Gasteiger partial charge in [0.15, 0.2) is 11.6 Å². The summed E-state index contributed by atoms with van der Waals surface area (Å²) in [6.07, 6.45) is 0. The van der Waals surface area contributed by atoms with Gasteiger partial charge in [0.25, 0.3) is 0 Å². The van der Waals surface area contributed by atoms with Gasteiger partial charge < -0.3 is 20.5 Å². The molecule has 2 rings (SSSR count). The highest BCUT2D eigenvalue weighted by molar-refractivity contribution is 5.70. The zero-order chi connectivity index (χ0) is 15.2. The molecule has 0 fully saturated rings. The van der Waals surface area contributed by atoms with Gasteiger partial charge in [-0.25, -0.2) is 4.39 Å². The molecule has 0 amide bonds. The van der Waals surface area contributed by atoms with Gasteiger partial charge in [0.05, 0.1) is 25.1 Å². The van der Waals surface area contributed by atoms with Crippen molar-refractivity contribution in [2.75, 3.05) is 30.9 Å². The SMILES string of the molecule is COc1cc(N(CCO)Cc2ccccc2)c(N)cc1F. The molecule has 4 nitrogen and oxygen atoms in total. The molecule has 0 atom stereocenters. The first-order chi connectivity index (χ1) is 10.2. The first-order valence-corrected chi connectivity index (χ1v) is 6.68. The number of aliphatic hydroxyl groups is 1. The van der Waals surface area contributed by atoms with Crippen LogP contribution in [-0.4, -0.2) is 25.4 Å². The van der Waals surface area contributed by atoms with Gasteiger partial charge in [-0.15, -0.1) is 0 Å². The monoisotopic (exact) mass is 290 g/mol. The second-order valence-electron chi connectivity index (χ2n) is 4.68. The van der Waals surface area contributed by atoms with E-state index in [2.05, 4.69) is 0 Å². The summed E-state index contributed by atoms with van der Waals surface area (Å²) in [6, 6.07) is 12.6. The summed E-state index contributed by atoms with van der Waals surface area (Å²) in [5, 5.41) is 9.26. The van der Waals surface area contributed by atoms with Gasteiger partial charge in [0.1, 0.15) is 0 Å². The average Bonchev–Trinajstić information content (AvgIpc) is 2.48. The van der Waals surface area contributed by atoms with Crippen LogP contribution in [0.5, 0.6) is 5.75 Å². The number of anilines is 2.